The smallest absolute Gasteiger partial charge is 0.207 e. The summed E-state index contributed by atoms with van der Waals surface area (Å²) >= 11 is 0. The van der Waals surface area contributed by atoms with Crippen molar-refractivity contribution < 1.29 is 13.9 Å². The first-order valence-corrected chi connectivity index (χ1v) is 7.29. The molecule has 0 aromatic heterocycles. The summed E-state index contributed by atoms with van der Waals surface area (Å²) in [4.78, 5) is 11.6. The molecule has 4 heteroatoms. The number of carbonyl (C=O) groups is 1. The number of rotatable bonds is 5. The highest BCUT2D eigenvalue weighted by Crippen LogP contribution is 2.41. The maximum atomic E-state index is 11.6. The highest BCUT2D eigenvalue weighted by atomic mass is 31.2. The Morgan fingerprint density at radius 3 is 2.53 bits per heavy atom. The van der Waals surface area contributed by atoms with Gasteiger partial charge in [0.1, 0.15) is 5.78 Å². The average molecular weight is 230 g/mol. The van der Waals surface area contributed by atoms with E-state index in [9.17, 15) is 9.36 Å². The van der Waals surface area contributed by atoms with E-state index < -0.39 is 7.37 Å². The first-order valence-electron chi connectivity index (χ1n) is 5.03. The Hall–Kier alpha value is -0.580. The molecule has 0 spiro atoms. The molecule has 2 atom stereocenters. The predicted molar refractivity (Wildman–Crippen MR) is 62.3 cm³/mol. The Kier molecular flexibility index (Phi) is 6.56. The fourth-order valence-electron chi connectivity index (χ4n) is 0.968. The van der Waals surface area contributed by atoms with Crippen LogP contribution in [0, 0.1) is 17.8 Å². The lowest BCUT2D eigenvalue weighted by atomic mass is 10.0. The van der Waals surface area contributed by atoms with Crippen LogP contribution in [0.2, 0.25) is 0 Å². The summed E-state index contributed by atoms with van der Waals surface area (Å²) in [6.07, 6.45) is 1.35. The average Bonchev–Trinajstić information content (AvgIpc) is 2.17. The van der Waals surface area contributed by atoms with Crippen molar-refractivity contribution in [1.82, 2.24) is 0 Å². The van der Waals surface area contributed by atoms with Crippen molar-refractivity contribution in [3.63, 3.8) is 0 Å². The van der Waals surface area contributed by atoms with E-state index in [4.69, 9.17) is 4.52 Å². The normalized spacial score (nSPS) is 16.0. The second kappa shape index (κ2) is 6.82. The van der Waals surface area contributed by atoms with Crippen molar-refractivity contribution in [3.05, 3.63) is 0 Å². The van der Waals surface area contributed by atoms with E-state index in [1.807, 2.05) is 13.8 Å². The lowest BCUT2D eigenvalue weighted by molar-refractivity contribution is -0.119. The van der Waals surface area contributed by atoms with Crippen LogP contribution in [0.1, 0.15) is 26.7 Å². The zero-order chi connectivity index (χ0) is 11.9. The quantitative estimate of drug-likeness (QED) is 0.538. The van der Waals surface area contributed by atoms with Gasteiger partial charge in [-0.2, -0.15) is 0 Å². The first-order chi connectivity index (χ1) is 6.93. The van der Waals surface area contributed by atoms with Gasteiger partial charge >= 0.3 is 0 Å². The number of hydrogen-bond donors (Lipinski definition) is 0. The molecule has 1 unspecified atom stereocenters. The molecule has 0 saturated carbocycles. The fraction of sp³-hybridized carbons (Fsp3) is 0.727. The Balaban J connectivity index is 4.16. The molecule has 0 aliphatic heterocycles. The van der Waals surface area contributed by atoms with Gasteiger partial charge in [0.2, 0.25) is 7.37 Å². The highest BCUT2D eigenvalue weighted by Gasteiger charge is 2.22. The molecular weight excluding hydrogens is 211 g/mol. The van der Waals surface area contributed by atoms with Crippen molar-refractivity contribution in [3.8, 4) is 11.8 Å². The van der Waals surface area contributed by atoms with Crippen LogP contribution >= 0.6 is 7.37 Å². The third-order valence-corrected chi connectivity index (χ3v) is 3.75. The van der Waals surface area contributed by atoms with E-state index in [2.05, 4.69) is 11.8 Å². The summed E-state index contributed by atoms with van der Waals surface area (Å²) < 4.78 is 16.3. The summed E-state index contributed by atoms with van der Waals surface area (Å²) in [7, 11) is -1.35. The predicted octanol–water partition coefficient (Wildman–Crippen LogP) is 2.55. The minimum Gasteiger partial charge on any atom is -0.332 e. The van der Waals surface area contributed by atoms with Gasteiger partial charge in [0, 0.05) is 32.5 Å². The highest BCUT2D eigenvalue weighted by molar-refractivity contribution is 7.59. The summed E-state index contributed by atoms with van der Waals surface area (Å²) in [6.45, 7) is 5.25. The van der Waals surface area contributed by atoms with E-state index in [-0.39, 0.29) is 17.9 Å². The van der Waals surface area contributed by atoms with Gasteiger partial charge in [-0.05, 0) is 0 Å². The molecule has 0 N–H and O–H groups in total. The van der Waals surface area contributed by atoms with E-state index in [0.717, 1.165) is 6.42 Å². The standard InChI is InChI=1S/C11H19O3P/c1-5-6-7-8-10(2)11(12)9-15(4,13)14-3/h10H,5,8-9H2,1-4H3/t10-,15?/m0/s1. The van der Waals surface area contributed by atoms with Crippen LogP contribution in [0.4, 0.5) is 0 Å². The Labute approximate surface area is 92.0 Å². The van der Waals surface area contributed by atoms with E-state index >= 15 is 0 Å². The molecule has 86 valence electrons. The molecular formula is C11H19O3P. The maximum absolute atomic E-state index is 11.6. The third kappa shape index (κ3) is 6.49. The minimum absolute atomic E-state index is 0.0124. The topological polar surface area (TPSA) is 43.4 Å². The molecule has 0 saturated heterocycles. The Morgan fingerprint density at radius 2 is 2.07 bits per heavy atom. The zero-order valence-corrected chi connectivity index (χ0v) is 10.8. The van der Waals surface area contributed by atoms with Crippen LogP contribution in [0.3, 0.4) is 0 Å². The zero-order valence-electron chi connectivity index (χ0n) is 9.87. The van der Waals surface area contributed by atoms with Gasteiger partial charge in [-0.25, -0.2) is 0 Å². The van der Waals surface area contributed by atoms with Crippen LogP contribution < -0.4 is 0 Å². The second-order valence-electron chi connectivity index (χ2n) is 3.63. The lowest BCUT2D eigenvalue weighted by Crippen LogP contribution is -2.15. The van der Waals surface area contributed by atoms with E-state index in [0.29, 0.717) is 6.42 Å². The molecule has 0 radical (unpaired) electrons. The van der Waals surface area contributed by atoms with Crippen LogP contribution in [-0.4, -0.2) is 25.7 Å². The molecule has 0 aromatic rings. The monoisotopic (exact) mass is 230 g/mol. The fourth-order valence-corrected chi connectivity index (χ4v) is 1.97. The van der Waals surface area contributed by atoms with Gasteiger partial charge in [0.15, 0.2) is 0 Å². The molecule has 0 heterocycles. The van der Waals surface area contributed by atoms with Crippen LogP contribution in [0.25, 0.3) is 0 Å². The number of ketones is 1. The number of hydrogen-bond acceptors (Lipinski definition) is 3. The molecule has 0 amide bonds. The molecule has 0 bridgehead atoms. The summed E-state index contributed by atoms with van der Waals surface area (Å²) in [5.41, 5.74) is 0. The summed E-state index contributed by atoms with van der Waals surface area (Å²) in [5, 5.41) is 0. The van der Waals surface area contributed by atoms with Crippen molar-refractivity contribution in [2.75, 3.05) is 19.9 Å². The second-order valence-corrected chi connectivity index (χ2v) is 6.34. The number of carbonyl (C=O) groups excluding carboxylic acids is 1. The molecule has 0 rings (SSSR count). The molecule has 0 aliphatic rings. The van der Waals surface area contributed by atoms with E-state index in [1.54, 1.807) is 0 Å². The molecule has 0 aromatic carbocycles. The van der Waals surface area contributed by atoms with Crippen molar-refractivity contribution >= 4 is 13.2 Å². The molecule has 15 heavy (non-hydrogen) atoms. The first kappa shape index (κ1) is 14.4. The van der Waals surface area contributed by atoms with Gasteiger partial charge < -0.3 is 4.52 Å². The van der Waals surface area contributed by atoms with Crippen molar-refractivity contribution in [2.24, 2.45) is 5.92 Å². The largest absolute Gasteiger partial charge is 0.332 e. The summed E-state index contributed by atoms with van der Waals surface area (Å²) in [6, 6.07) is 0. The van der Waals surface area contributed by atoms with Gasteiger partial charge in [0.05, 0.1) is 6.16 Å². The number of Topliss-reactive ketones (excluding diaryl/α,β-unsaturated/α-hetero) is 1. The summed E-state index contributed by atoms with van der Waals surface area (Å²) in [5.74, 6) is 5.63. The van der Waals surface area contributed by atoms with Gasteiger partial charge in [-0.1, -0.05) is 13.8 Å². The molecule has 0 aliphatic carbocycles. The molecule has 0 fully saturated rings. The van der Waals surface area contributed by atoms with Crippen LogP contribution in [0.15, 0.2) is 0 Å². The van der Waals surface area contributed by atoms with Crippen LogP contribution in [-0.2, 0) is 13.9 Å². The minimum atomic E-state index is -2.72. The Bertz CT molecular complexity index is 312. The SMILES string of the molecule is CCC#CC[C@H](C)C(=O)CP(C)(=O)OC. The van der Waals surface area contributed by atoms with Gasteiger partial charge in [0.25, 0.3) is 0 Å². The van der Waals surface area contributed by atoms with Gasteiger partial charge in [-0.15, -0.1) is 11.8 Å². The Morgan fingerprint density at radius 1 is 1.47 bits per heavy atom. The van der Waals surface area contributed by atoms with Crippen molar-refractivity contribution in [1.29, 1.82) is 0 Å². The lowest BCUT2D eigenvalue weighted by Gasteiger charge is -2.12. The third-order valence-electron chi connectivity index (χ3n) is 2.09. The van der Waals surface area contributed by atoms with E-state index in [1.165, 1.54) is 13.8 Å². The maximum Gasteiger partial charge on any atom is 0.207 e. The van der Waals surface area contributed by atoms with Crippen LogP contribution in [0.5, 0.6) is 0 Å². The van der Waals surface area contributed by atoms with Gasteiger partial charge in [-0.3, -0.25) is 9.36 Å². The van der Waals surface area contributed by atoms with Crippen molar-refractivity contribution in [2.45, 2.75) is 26.7 Å². The molecule has 3 nitrogen and oxygen atoms in total.